The number of rotatable bonds is 7. The number of carbonyl (C=O) groups is 2. The molecule has 0 bridgehead atoms. The van der Waals surface area contributed by atoms with Crippen molar-refractivity contribution >= 4 is 34.6 Å². The van der Waals surface area contributed by atoms with Gasteiger partial charge in [0.15, 0.2) is 0 Å². The number of nitrogens with zero attached hydrogens (tertiary/aromatic N) is 4. The molecule has 0 saturated heterocycles. The summed E-state index contributed by atoms with van der Waals surface area (Å²) in [6.07, 6.45) is 0. The fraction of sp³-hybridized carbons (Fsp3) is 0. The van der Waals surface area contributed by atoms with Gasteiger partial charge >= 0.3 is 5.97 Å². The fourth-order valence-corrected chi connectivity index (χ4v) is 2.56. The number of phenolic OH excluding ortho intramolecular Hbond substituents is 2. The Morgan fingerprint density at radius 1 is 0.824 bits per heavy atom. The summed E-state index contributed by atoms with van der Waals surface area (Å²) in [6.45, 7) is 0. The van der Waals surface area contributed by atoms with Gasteiger partial charge in [-0.05, 0) is 36.4 Å². The second-order valence-corrected chi connectivity index (χ2v) is 6.53. The van der Waals surface area contributed by atoms with Crippen LogP contribution in [0.15, 0.2) is 70.9 Å². The maximum atomic E-state index is 12.2. The number of carbonyl (C=O) groups excluding carboxylic acids is 2. The van der Waals surface area contributed by atoms with Crippen LogP contribution >= 0.6 is 0 Å². The minimum Gasteiger partial charge on any atom is -0.508 e. The van der Waals surface area contributed by atoms with Gasteiger partial charge in [-0.3, -0.25) is 25.0 Å². The fourth-order valence-electron chi connectivity index (χ4n) is 2.56. The Bertz CT molecular complexity index is 1270. The number of aromatic hydroxyl groups is 2. The van der Waals surface area contributed by atoms with Crippen LogP contribution in [0.1, 0.15) is 20.7 Å². The van der Waals surface area contributed by atoms with Gasteiger partial charge in [0.25, 0.3) is 17.3 Å². The molecule has 0 saturated carbocycles. The number of amides is 1. The van der Waals surface area contributed by atoms with Crippen LogP contribution in [-0.2, 0) is 4.84 Å². The van der Waals surface area contributed by atoms with Crippen molar-refractivity contribution in [3.8, 4) is 11.5 Å². The molecule has 0 aliphatic carbocycles. The quantitative estimate of drug-likeness (QED) is 0.258. The summed E-state index contributed by atoms with van der Waals surface area (Å²) in [6, 6.07) is 11.3. The first kappa shape index (κ1) is 23.3. The first-order valence-electron chi connectivity index (χ1n) is 9.12. The van der Waals surface area contributed by atoms with Crippen LogP contribution in [0.5, 0.6) is 11.5 Å². The molecular weight excluding hydrogens is 454 g/mol. The van der Waals surface area contributed by atoms with E-state index >= 15 is 0 Å². The van der Waals surface area contributed by atoms with Gasteiger partial charge in [-0.15, -0.1) is 10.2 Å². The minimum absolute atomic E-state index is 0.0761. The van der Waals surface area contributed by atoms with E-state index < -0.39 is 38.7 Å². The monoisotopic (exact) mass is 467 g/mol. The highest BCUT2D eigenvalue weighted by Crippen LogP contribution is 2.24. The van der Waals surface area contributed by atoms with E-state index in [9.17, 15) is 40.0 Å². The van der Waals surface area contributed by atoms with Gasteiger partial charge in [-0.25, -0.2) is 10.3 Å². The number of nitro benzene ring substituents is 2. The third-order valence-electron chi connectivity index (χ3n) is 4.09. The summed E-state index contributed by atoms with van der Waals surface area (Å²) in [5.41, 5.74) is 0.996. The second kappa shape index (κ2) is 9.82. The van der Waals surface area contributed by atoms with Gasteiger partial charge in [-0.2, -0.15) is 0 Å². The summed E-state index contributed by atoms with van der Waals surface area (Å²) in [5, 5.41) is 47.9. The van der Waals surface area contributed by atoms with Gasteiger partial charge in [0, 0.05) is 18.2 Å². The molecule has 172 valence electrons. The predicted molar refractivity (Wildman–Crippen MR) is 114 cm³/mol. The molecule has 3 aromatic carbocycles. The Morgan fingerprint density at radius 3 is 1.91 bits per heavy atom. The molecule has 34 heavy (non-hydrogen) atoms. The molecule has 0 unspecified atom stereocenters. The van der Waals surface area contributed by atoms with E-state index in [-0.39, 0.29) is 28.4 Å². The third-order valence-corrected chi connectivity index (χ3v) is 4.09. The molecule has 0 radical (unpaired) electrons. The van der Waals surface area contributed by atoms with Crippen LogP contribution in [0.25, 0.3) is 0 Å². The van der Waals surface area contributed by atoms with Crippen LogP contribution in [0.4, 0.5) is 22.7 Å². The van der Waals surface area contributed by atoms with E-state index in [4.69, 9.17) is 4.84 Å². The summed E-state index contributed by atoms with van der Waals surface area (Å²) < 4.78 is 0. The van der Waals surface area contributed by atoms with Crippen LogP contribution < -0.4 is 5.48 Å². The number of phenols is 2. The molecular formula is C20H13N5O9. The molecule has 0 heterocycles. The standard InChI is InChI=1S/C20H13N5O9/c26-17-7-11(8-18(27)10-17)19(28)22-21-13-1-3-14(4-2-13)23-34-20(29)12-5-15(24(30)31)9-16(6-12)25(32)33/h1-10,23,26-27H. The number of anilines is 1. The van der Waals surface area contributed by atoms with Gasteiger partial charge in [0.2, 0.25) is 0 Å². The van der Waals surface area contributed by atoms with Crippen molar-refractivity contribution in [2.45, 2.75) is 0 Å². The zero-order valence-electron chi connectivity index (χ0n) is 16.8. The largest absolute Gasteiger partial charge is 0.508 e. The molecule has 14 nitrogen and oxygen atoms in total. The molecule has 14 heteroatoms. The Hall–Kier alpha value is -5.40. The lowest BCUT2D eigenvalue weighted by Gasteiger charge is -2.07. The number of azo groups is 1. The lowest BCUT2D eigenvalue weighted by molar-refractivity contribution is -0.394. The van der Waals surface area contributed by atoms with Crippen LogP contribution in [0, 0.1) is 20.2 Å². The molecule has 3 rings (SSSR count). The van der Waals surface area contributed by atoms with Crippen molar-refractivity contribution < 1.29 is 34.5 Å². The smallest absolute Gasteiger partial charge is 0.363 e. The van der Waals surface area contributed by atoms with Crippen LogP contribution in [0.2, 0.25) is 0 Å². The van der Waals surface area contributed by atoms with E-state index in [1.165, 1.54) is 24.3 Å². The molecule has 0 aliphatic heterocycles. The van der Waals surface area contributed by atoms with Gasteiger partial charge in [-0.1, -0.05) is 0 Å². The van der Waals surface area contributed by atoms with Crippen molar-refractivity contribution in [1.82, 2.24) is 0 Å². The second-order valence-electron chi connectivity index (χ2n) is 6.53. The van der Waals surface area contributed by atoms with Gasteiger partial charge in [0.1, 0.15) is 11.5 Å². The van der Waals surface area contributed by atoms with Crippen molar-refractivity contribution in [2.24, 2.45) is 10.2 Å². The number of nitro groups is 2. The molecule has 0 spiro atoms. The zero-order chi connectivity index (χ0) is 24.8. The van der Waals surface area contributed by atoms with E-state index in [0.717, 1.165) is 30.3 Å². The molecule has 3 aromatic rings. The highest BCUT2D eigenvalue weighted by Gasteiger charge is 2.21. The number of hydrogen-bond acceptors (Lipinski definition) is 11. The Morgan fingerprint density at radius 2 is 1.38 bits per heavy atom. The Labute approximate surface area is 189 Å². The lowest BCUT2D eigenvalue weighted by Crippen LogP contribution is -2.11. The highest BCUT2D eigenvalue weighted by molar-refractivity contribution is 5.95. The van der Waals surface area contributed by atoms with Crippen LogP contribution in [0.3, 0.4) is 0 Å². The number of benzene rings is 3. The van der Waals surface area contributed by atoms with Crippen molar-refractivity contribution in [2.75, 3.05) is 5.48 Å². The number of nitrogens with one attached hydrogen (secondary N) is 1. The summed E-state index contributed by atoms with van der Waals surface area (Å²) in [7, 11) is 0. The summed E-state index contributed by atoms with van der Waals surface area (Å²) in [4.78, 5) is 49.1. The predicted octanol–water partition coefficient (Wildman–Crippen LogP) is 4.02. The average Bonchev–Trinajstić information content (AvgIpc) is 2.80. The van der Waals surface area contributed by atoms with Crippen LogP contribution in [-0.4, -0.2) is 31.9 Å². The van der Waals surface area contributed by atoms with Gasteiger partial charge < -0.3 is 15.1 Å². The normalized spacial score (nSPS) is 10.6. The maximum absolute atomic E-state index is 12.2. The molecule has 0 aromatic heterocycles. The van der Waals surface area contributed by atoms with E-state index in [0.29, 0.717) is 6.07 Å². The minimum atomic E-state index is -1.10. The first-order valence-corrected chi connectivity index (χ1v) is 9.12. The van der Waals surface area contributed by atoms with E-state index in [2.05, 4.69) is 15.7 Å². The molecule has 0 atom stereocenters. The number of non-ortho nitro benzene ring substituents is 2. The Balaban J connectivity index is 1.64. The summed E-state index contributed by atoms with van der Waals surface area (Å²) in [5.74, 6) is -2.55. The molecule has 0 fully saturated rings. The first-order chi connectivity index (χ1) is 16.1. The van der Waals surface area contributed by atoms with Gasteiger partial charge in [0.05, 0.1) is 38.4 Å². The molecule has 1 amide bonds. The maximum Gasteiger partial charge on any atom is 0.363 e. The molecule has 0 aliphatic rings. The highest BCUT2D eigenvalue weighted by atomic mass is 16.7. The Kier molecular flexibility index (Phi) is 6.72. The van der Waals surface area contributed by atoms with Crippen molar-refractivity contribution in [3.63, 3.8) is 0 Å². The zero-order valence-corrected chi connectivity index (χ0v) is 16.8. The topological polar surface area (TPSA) is 207 Å². The molecule has 3 N–H and O–H groups in total. The van der Waals surface area contributed by atoms with E-state index in [1.807, 2.05) is 0 Å². The third kappa shape index (κ3) is 5.85. The lowest BCUT2D eigenvalue weighted by atomic mass is 10.2. The SMILES string of the molecule is O=C(N=Nc1ccc(NOC(=O)c2cc([N+](=O)[O-])cc([N+](=O)[O-])c2)cc1)c1cc(O)cc(O)c1. The number of hydrogen-bond donors (Lipinski definition) is 3. The van der Waals surface area contributed by atoms with Crippen molar-refractivity contribution in [3.05, 3.63) is 92.0 Å². The van der Waals surface area contributed by atoms with E-state index in [1.54, 1.807) is 0 Å². The van der Waals surface area contributed by atoms with Crippen molar-refractivity contribution in [1.29, 1.82) is 0 Å². The summed E-state index contributed by atoms with van der Waals surface area (Å²) >= 11 is 0. The average molecular weight is 467 g/mol.